The minimum atomic E-state index is -0.281. The summed E-state index contributed by atoms with van der Waals surface area (Å²) in [5, 5.41) is 4.77. The van der Waals surface area contributed by atoms with E-state index in [0.717, 1.165) is 10.9 Å². The van der Waals surface area contributed by atoms with Crippen LogP contribution in [0.5, 0.6) is 0 Å². The van der Waals surface area contributed by atoms with Gasteiger partial charge in [-0.15, -0.1) is 0 Å². The first-order valence-corrected chi connectivity index (χ1v) is 10.6. The summed E-state index contributed by atoms with van der Waals surface area (Å²) in [5.74, 6) is -0.0752. The molecule has 2 aromatic heterocycles. The zero-order valence-corrected chi connectivity index (χ0v) is 19.0. The van der Waals surface area contributed by atoms with Crippen LogP contribution in [-0.2, 0) is 23.1 Å². The third kappa shape index (κ3) is 4.47. The smallest absolute Gasteiger partial charge is 0.229 e. The Kier molecular flexibility index (Phi) is 6.17. The Balaban J connectivity index is 1.60. The van der Waals surface area contributed by atoms with Crippen molar-refractivity contribution in [2.24, 2.45) is 7.05 Å². The van der Waals surface area contributed by atoms with Crippen LogP contribution in [0.3, 0.4) is 0 Å². The van der Waals surface area contributed by atoms with Gasteiger partial charge in [-0.05, 0) is 47.3 Å². The van der Waals surface area contributed by atoms with E-state index in [9.17, 15) is 9.59 Å². The molecule has 0 saturated heterocycles. The lowest BCUT2D eigenvalue weighted by atomic mass is 10.1. The molecule has 4 aromatic rings. The number of rotatable bonds is 5. The van der Waals surface area contributed by atoms with Crippen molar-refractivity contribution in [2.45, 2.75) is 13.3 Å². The van der Waals surface area contributed by atoms with Crippen LogP contribution < -0.4 is 10.2 Å². The number of nitrogens with zero attached hydrogens (tertiary/aromatic N) is 3. The van der Waals surface area contributed by atoms with E-state index in [1.165, 1.54) is 11.8 Å². The van der Waals surface area contributed by atoms with Gasteiger partial charge in [-0.1, -0.05) is 35.3 Å². The molecule has 0 aliphatic carbocycles. The van der Waals surface area contributed by atoms with E-state index in [4.69, 9.17) is 23.2 Å². The minimum absolute atomic E-state index is 0.0245. The highest BCUT2D eigenvalue weighted by Gasteiger charge is 2.18. The van der Waals surface area contributed by atoms with Crippen LogP contribution in [0.4, 0.5) is 17.2 Å². The number of aryl methyl sites for hydroxylation is 1. The summed E-state index contributed by atoms with van der Waals surface area (Å²) in [6.45, 7) is 1.47. The van der Waals surface area contributed by atoms with Gasteiger partial charge in [0.1, 0.15) is 5.82 Å². The number of amides is 2. The molecule has 0 atom stereocenters. The van der Waals surface area contributed by atoms with E-state index in [1.54, 1.807) is 36.5 Å². The number of carbonyl (C=O) groups is 2. The number of benzene rings is 2. The van der Waals surface area contributed by atoms with Crippen molar-refractivity contribution in [3.63, 3.8) is 0 Å². The van der Waals surface area contributed by atoms with E-state index >= 15 is 0 Å². The second-order valence-electron chi connectivity index (χ2n) is 7.35. The maximum atomic E-state index is 12.6. The maximum Gasteiger partial charge on any atom is 0.229 e. The Bertz CT molecular complexity index is 1310. The molecule has 0 radical (unpaired) electrons. The number of anilines is 3. The van der Waals surface area contributed by atoms with Crippen molar-refractivity contribution in [3.05, 3.63) is 82.6 Å². The number of aromatic nitrogens is 2. The largest absolute Gasteiger partial charge is 0.350 e. The van der Waals surface area contributed by atoms with Gasteiger partial charge in [-0.25, -0.2) is 4.98 Å². The third-order valence-electron chi connectivity index (χ3n) is 5.10. The normalized spacial score (nSPS) is 10.9. The van der Waals surface area contributed by atoms with Gasteiger partial charge in [0.05, 0.1) is 12.1 Å². The molecule has 2 aromatic carbocycles. The van der Waals surface area contributed by atoms with Gasteiger partial charge in [-0.2, -0.15) is 0 Å². The average Bonchev–Trinajstić information content (AvgIpc) is 3.11. The number of hydrogen-bond donors (Lipinski definition) is 1. The van der Waals surface area contributed by atoms with Gasteiger partial charge in [0, 0.05) is 53.7 Å². The fraction of sp³-hybridized carbons (Fsp3) is 0.125. The summed E-state index contributed by atoms with van der Waals surface area (Å²) in [6, 6.07) is 16.2. The number of halogens is 2. The molecule has 8 heteroatoms. The average molecular weight is 467 g/mol. The molecular weight excluding hydrogens is 447 g/mol. The van der Waals surface area contributed by atoms with Crippen LogP contribution in [-0.4, -0.2) is 21.4 Å². The van der Waals surface area contributed by atoms with Crippen LogP contribution in [0.1, 0.15) is 12.5 Å². The zero-order chi connectivity index (χ0) is 22.8. The molecule has 0 aliphatic rings. The fourth-order valence-corrected chi connectivity index (χ4v) is 4.08. The molecule has 0 fully saturated rings. The minimum Gasteiger partial charge on any atom is -0.350 e. The van der Waals surface area contributed by atoms with Gasteiger partial charge < -0.3 is 9.88 Å². The summed E-state index contributed by atoms with van der Waals surface area (Å²) in [7, 11) is 1.95. The molecule has 2 amide bonds. The predicted octanol–water partition coefficient (Wildman–Crippen LogP) is 5.75. The summed E-state index contributed by atoms with van der Waals surface area (Å²) >= 11 is 12.3. The highest BCUT2D eigenvalue weighted by molar-refractivity contribution is 6.36. The van der Waals surface area contributed by atoms with Crippen molar-refractivity contribution in [1.82, 2.24) is 9.55 Å². The summed E-state index contributed by atoms with van der Waals surface area (Å²) < 4.78 is 1.99. The molecule has 0 aliphatic heterocycles. The second-order valence-corrected chi connectivity index (χ2v) is 8.17. The van der Waals surface area contributed by atoms with Crippen LogP contribution in [0.15, 0.2) is 67.0 Å². The van der Waals surface area contributed by atoms with Gasteiger partial charge >= 0.3 is 0 Å². The number of nitrogens with one attached hydrogen (secondary N) is 1. The molecule has 0 saturated carbocycles. The Morgan fingerprint density at radius 1 is 1.06 bits per heavy atom. The Morgan fingerprint density at radius 3 is 2.53 bits per heavy atom. The van der Waals surface area contributed by atoms with Crippen molar-refractivity contribution >= 4 is 63.1 Å². The lowest BCUT2D eigenvalue weighted by Crippen LogP contribution is -2.24. The van der Waals surface area contributed by atoms with Gasteiger partial charge in [0.25, 0.3) is 0 Å². The van der Waals surface area contributed by atoms with Crippen LogP contribution in [0, 0.1) is 0 Å². The van der Waals surface area contributed by atoms with Crippen molar-refractivity contribution in [1.29, 1.82) is 0 Å². The lowest BCUT2D eigenvalue weighted by Gasteiger charge is -2.21. The number of fused-ring (bicyclic) bond motifs is 1. The number of carbonyl (C=O) groups excluding carboxylic acids is 2. The van der Waals surface area contributed by atoms with E-state index in [1.807, 2.05) is 42.1 Å². The lowest BCUT2D eigenvalue weighted by molar-refractivity contribution is -0.116. The van der Waals surface area contributed by atoms with Crippen molar-refractivity contribution in [3.8, 4) is 0 Å². The van der Waals surface area contributed by atoms with Crippen molar-refractivity contribution in [2.75, 3.05) is 10.2 Å². The van der Waals surface area contributed by atoms with Crippen molar-refractivity contribution < 1.29 is 9.59 Å². The van der Waals surface area contributed by atoms with E-state index in [0.29, 0.717) is 32.8 Å². The Morgan fingerprint density at radius 2 is 1.81 bits per heavy atom. The van der Waals surface area contributed by atoms with E-state index < -0.39 is 0 Å². The molecule has 1 N–H and O–H groups in total. The molecule has 0 bridgehead atoms. The summed E-state index contributed by atoms with van der Waals surface area (Å²) in [4.78, 5) is 31.0. The summed E-state index contributed by atoms with van der Waals surface area (Å²) in [5.41, 5.74) is 2.75. The number of hydrogen-bond acceptors (Lipinski definition) is 3. The quantitative estimate of drug-likeness (QED) is 0.407. The molecule has 2 heterocycles. The first-order valence-electron chi connectivity index (χ1n) is 9.88. The SMILES string of the molecule is CC(=O)N(c1ccc2ccn(C)c2c1)c1cc(NC(=O)Cc2c(Cl)cccc2Cl)ccn1. The molecular formula is C24H20Cl2N4O2. The highest BCUT2D eigenvalue weighted by atomic mass is 35.5. The molecule has 6 nitrogen and oxygen atoms in total. The molecule has 4 rings (SSSR count). The standard InChI is InChI=1S/C24H20Cl2N4O2/c1-15(31)30(18-7-6-16-9-11-29(2)22(16)13-18)23-12-17(8-10-27-23)28-24(32)14-19-20(25)4-3-5-21(19)26/h3-13H,14H2,1-2H3,(H,27,28,32). The van der Waals surface area contributed by atoms with Gasteiger partial charge in [-0.3, -0.25) is 14.5 Å². The monoisotopic (exact) mass is 466 g/mol. The third-order valence-corrected chi connectivity index (χ3v) is 5.81. The Labute approximate surface area is 195 Å². The first-order chi connectivity index (χ1) is 15.3. The molecule has 0 spiro atoms. The highest BCUT2D eigenvalue weighted by Crippen LogP contribution is 2.30. The summed E-state index contributed by atoms with van der Waals surface area (Å²) in [6.07, 6.45) is 3.54. The van der Waals surface area contributed by atoms with Crippen LogP contribution in [0.25, 0.3) is 10.9 Å². The molecule has 32 heavy (non-hydrogen) atoms. The second kappa shape index (κ2) is 9.02. The number of pyridine rings is 1. The van der Waals surface area contributed by atoms with Crippen LogP contribution >= 0.6 is 23.2 Å². The molecule has 0 unspecified atom stereocenters. The first kappa shape index (κ1) is 21.9. The van der Waals surface area contributed by atoms with E-state index in [2.05, 4.69) is 10.3 Å². The van der Waals surface area contributed by atoms with Gasteiger partial charge in [0.2, 0.25) is 11.8 Å². The maximum absolute atomic E-state index is 12.6. The van der Waals surface area contributed by atoms with Crippen LogP contribution in [0.2, 0.25) is 10.0 Å². The zero-order valence-electron chi connectivity index (χ0n) is 17.5. The van der Waals surface area contributed by atoms with Gasteiger partial charge in [0.15, 0.2) is 0 Å². The fourth-order valence-electron chi connectivity index (χ4n) is 3.55. The van der Waals surface area contributed by atoms with E-state index in [-0.39, 0.29) is 18.2 Å². The Hall–Kier alpha value is -3.35. The molecule has 162 valence electrons. The predicted molar refractivity (Wildman–Crippen MR) is 129 cm³/mol. The topological polar surface area (TPSA) is 67.2 Å².